The number of benzene rings is 1. The Morgan fingerprint density at radius 2 is 2.16 bits per heavy atom. The monoisotopic (exact) mass is 290 g/mol. The standard InChI is InChI=1S/C13H16F2N2O.ClH/c1-8(16)4-13(18)17-3-2-11-9(7-17)5-10(14)6-12(11)15;/h5-6,8H,2-4,7,16H2,1H3;1H. The normalized spacial score (nSPS) is 15.5. The Kier molecular flexibility index (Phi) is 5.26. The van der Waals surface area contributed by atoms with Crippen LogP contribution in [0.2, 0.25) is 0 Å². The molecule has 6 heteroatoms. The zero-order valence-corrected chi connectivity index (χ0v) is 11.5. The summed E-state index contributed by atoms with van der Waals surface area (Å²) in [5.74, 6) is -1.20. The lowest BCUT2D eigenvalue weighted by Crippen LogP contribution is -2.38. The van der Waals surface area contributed by atoms with E-state index in [2.05, 4.69) is 0 Å². The fourth-order valence-corrected chi connectivity index (χ4v) is 2.23. The molecule has 106 valence electrons. The highest BCUT2D eigenvalue weighted by atomic mass is 35.5. The molecule has 0 saturated heterocycles. The first-order valence-corrected chi connectivity index (χ1v) is 5.97. The molecule has 0 aliphatic carbocycles. The molecular formula is C13H17ClF2N2O. The van der Waals surface area contributed by atoms with Gasteiger partial charge < -0.3 is 10.6 Å². The lowest BCUT2D eigenvalue weighted by Gasteiger charge is -2.29. The van der Waals surface area contributed by atoms with Crippen molar-refractivity contribution < 1.29 is 13.6 Å². The van der Waals surface area contributed by atoms with E-state index in [0.29, 0.717) is 24.1 Å². The summed E-state index contributed by atoms with van der Waals surface area (Å²) in [4.78, 5) is 13.4. The average Bonchev–Trinajstić information content (AvgIpc) is 2.26. The predicted octanol–water partition coefficient (Wildman–Crippen LogP) is 2.01. The van der Waals surface area contributed by atoms with E-state index in [1.54, 1.807) is 11.8 Å². The minimum atomic E-state index is -0.604. The average molecular weight is 291 g/mol. The van der Waals surface area contributed by atoms with Crippen LogP contribution in [-0.2, 0) is 17.8 Å². The van der Waals surface area contributed by atoms with Crippen LogP contribution in [0.5, 0.6) is 0 Å². The van der Waals surface area contributed by atoms with Crippen molar-refractivity contribution >= 4 is 18.3 Å². The van der Waals surface area contributed by atoms with E-state index < -0.39 is 11.6 Å². The third-order valence-corrected chi connectivity index (χ3v) is 3.09. The van der Waals surface area contributed by atoms with Gasteiger partial charge in [0.05, 0.1) is 0 Å². The van der Waals surface area contributed by atoms with E-state index >= 15 is 0 Å². The van der Waals surface area contributed by atoms with Crippen molar-refractivity contribution in [2.75, 3.05) is 6.54 Å². The van der Waals surface area contributed by atoms with Gasteiger partial charge >= 0.3 is 0 Å². The van der Waals surface area contributed by atoms with E-state index in [-0.39, 0.29) is 37.3 Å². The number of fused-ring (bicyclic) bond motifs is 1. The fourth-order valence-electron chi connectivity index (χ4n) is 2.23. The quantitative estimate of drug-likeness (QED) is 0.906. The number of hydrogen-bond donors (Lipinski definition) is 1. The van der Waals surface area contributed by atoms with Crippen LogP contribution in [0.4, 0.5) is 8.78 Å². The number of halogens is 3. The maximum Gasteiger partial charge on any atom is 0.224 e. The van der Waals surface area contributed by atoms with Gasteiger partial charge in [0.1, 0.15) is 11.6 Å². The van der Waals surface area contributed by atoms with Crippen molar-refractivity contribution in [2.45, 2.75) is 32.4 Å². The summed E-state index contributed by atoms with van der Waals surface area (Å²) in [6.07, 6.45) is 0.680. The molecule has 2 N–H and O–H groups in total. The molecule has 0 fully saturated rings. The summed E-state index contributed by atoms with van der Waals surface area (Å²) in [6.45, 7) is 2.48. The van der Waals surface area contributed by atoms with Gasteiger partial charge in [-0.15, -0.1) is 12.4 Å². The smallest absolute Gasteiger partial charge is 0.224 e. The van der Waals surface area contributed by atoms with E-state index in [4.69, 9.17) is 5.73 Å². The zero-order chi connectivity index (χ0) is 13.3. The summed E-state index contributed by atoms with van der Waals surface area (Å²) in [5, 5.41) is 0. The third-order valence-electron chi connectivity index (χ3n) is 3.09. The topological polar surface area (TPSA) is 46.3 Å². The van der Waals surface area contributed by atoms with Gasteiger partial charge in [-0.2, -0.15) is 0 Å². The summed E-state index contributed by atoms with van der Waals surface area (Å²) < 4.78 is 26.6. The molecule has 1 aliphatic rings. The Hall–Kier alpha value is -1.20. The van der Waals surface area contributed by atoms with Crippen LogP contribution in [0, 0.1) is 11.6 Å². The van der Waals surface area contributed by atoms with Crippen LogP contribution in [0.25, 0.3) is 0 Å². The molecule has 2 rings (SSSR count). The van der Waals surface area contributed by atoms with Crippen LogP contribution in [0.3, 0.4) is 0 Å². The number of amides is 1. The van der Waals surface area contributed by atoms with Gasteiger partial charge in [0.2, 0.25) is 5.91 Å². The summed E-state index contributed by atoms with van der Waals surface area (Å²) in [7, 11) is 0. The SMILES string of the molecule is CC(N)CC(=O)N1CCc2c(F)cc(F)cc2C1.Cl. The van der Waals surface area contributed by atoms with Gasteiger partial charge in [0.15, 0.2) is 0 Å². The van der Waals surface area contributed by atoms with Crippen molar-refractivity contribution in [1.82, 2.24) is 4.90 Å². The summed E-state index contributed by atoms with van der Waals surface area (Å²) in [6, 6.07) is 1.98. The number of rotatable bonds is 2. The van der Waals surface area contributed by atoms with Crippen molar-refractivity contribution in [3.05, 3.63) is 34.9 Å². The van der Waals surface area contributed by atoms with Crippen molar-refractivity contribution in [3.8, 4) is 0 Å². The van der Waals surface area contributed by atoms with Gasteiger partial charge in [-0.05, 0) is 30.5 Å². The number of hydrogen-bond acceptors (Lipinski definition) is 2. The Morgan fingerprint density at radius 1 is 1.47 bits per heavy atom. The molecule has 1 aromatic rings. The minimum Gasteiger partial charge on any atom is -0.338 e. The molecule has 0 radical (unpaired) electrons. The number of nitrogens with two attached hydrogens (primary N) is 1. The molecule has 19 heavy (non-hydrogen) atoms. The molecule has 1 aliphatic heterocycles. The van der Waals surface area contributed by atoms with E-state index in [9.17, 15) is 13.6 Å². The van der Waals surface area contributed by atoms with Gasteiger partial charge in [-0.1, -0.05) is 0 Å². The van der Waals surface area contributed by atoms with Crippen molar-refractivity contribution in [3.63, 3.8) is 0 Å². The van der Waals surface area contributed by atoms with Crippen LogP contribution in [0.15, 0.2) is 12.1 Å². The lowest BCUT2D eigenvalue weighted by atomic mass is 9.98. The van der Waals surface area contributed by atoms with E-state index in [1.165, 1.54) is 6.07 Å². The first kappa shape index (κ1) is 15.9. The number of nitrogens with zero attached hydrogens (tertiary/aromatic N) is 1. The fraction of sp³-hybridized carbons (Fsp3) is 0.462. The van der Waals surface area contributed by atoms with Crippen molar-refractivity contribution in [1.29, 1.82) is 0 Å². The first-order valence-electron chi connectivity index (χ1n) is 5.97. The highest BCUT2D eigenvalue weighted by molar-refractivity contribution is 5.85. The molecule has 1 atom stereocenters. The number of carbonyl (C=O) groups excluding carboxylic acids is 1. The highest BCUT2D eigenvalue weighted by Gasteiger charge is 2.23. The zero-order valence-electron chi connectivity index (χ0n) is 10.7. The third kappa shape index (κ3) is 3.64. The second-order valence-electron chi connectivity index (χ2n) is 4.77. The van der Waals surface area contributed by atoms with Crippen LogP contribution < -0.4 is 5.73 Å². The minimum absolute atomic E-state index is 0. The second kappa shape index (κ2) is 6.30. The number of carbonyl (C=O) groups is 1. The van der Waals surface area contributed by atoms with Crippen LogP contribution in [-0.4, -0.2) is 23.4 Å². The maximum absolute atomic E-state index is 13.5. The van der Waals surface area contributed by atoms with Crippen molar-refractivity contribution in [2.24, 2.45) is 5.73 Å². The maximum atomic E-state index is 13.5. The molecule has 0 spiro atoms. The highest BCUT2D eigenvalue weighted by Crippen LogP contribution is 2.23. The molecule has 0 aromatic heterocycles. The largest absolute Gasteiger partial charge is 0.338 e. The van der Waals surface area contributed by atoms with Gasteiger partial charge in [-0.25, -0.2) is 8.78 Å². The molecule has 0 bridgehead atoms. The van der Waals surface area contributed by atoms with Crippen LogP contribution >= 0.6 is 12.4 Å². The lowest BCUT2D eigenvalue weighted by molar-refractivity contribution is -0.132. The van der Waals surface area contributed by atoms with Gasteiger partial charge in [-0.3, -0.25) is 4.79 Å². The molecule has 1 aromatic carbocycles. The van der Waals surface area contributed by atoms with E-state index in [1.807, 2.05) is 0 Å². The Labute approximate surface area is 117 Å². The molecule has 1 heterocycles. The molecule has 0 saturated carbocycles. The second-order valence-corrected chi connectivity index (χ2v) is 4.77. The Morgan fingerprint density at radius 3 is 2.79 bits per heavy atom. The molecule has 3 nitrogen and oxygen atoms in total. The first-order chi connectivity index (χ1) is 8.47. The van der Waals surface area contributed by atoms with Gasteiger partial charge in [0.25, 0.3) is 0 Å². The molecule has 1 unspecified atom stereocenters. The van der Waals surface area contributed by atoms with Gasteiger partial charge in [0, 0.05) is 31.6 Å². The summed E-state index contributed by atoms with van der Waals surface area (Å²) >= 11 is 0. The Bertz CT molecular complexity index is 480. The predicted molar refractivity (Wildman–Crippen MR) is 71.0 cm³/mol. The molecule has 1 amide bonds. The van der Waals surface area contributed by atoms with E-state index in [0.717, 1.165) is 6.07 Å². The summed E-state index contributed by atoms with van der Waals surface area (Å²) in [5.41, 5.74) is 6.64. The molecular weight excluding hydrogens is 274 g/mol. The Balaban J connectivity index is 0.00000180. The van der Waals surface area contributed by atoms with Crippen LogP contribution in [0.1, 0.15) is 24.5 Å².